The molecule has 0 saturated heterocycles. The Labute approximate surface area is 96.3 Å². The lowest BCUT2D eigenvalue weighted by molar-refractivity contribution is -0.127. The molecule has 1 atom stereocenters. The van der Waals surface area contributed by atoms with E-state index in [0.717, 1.165) is 23.3 Å². The van der Waals surface area contributed by atoms with E-state index in [1.165, 1.54) is 0 Å². The molecular weight excluding hydrogens is 262 g/mol. The topological polar surface area (TPSA) is 53.9 Å². The number of rotatable bonds is 1. The first-order chi connectivity index (χ1) is 7.16. The number of amides is 1. The number of carbonyl (C=O) groups is 1. The summed E-state index contributed by atoms with van der Waals surface area (Å²) in [5.41, 5.74) is 3.53. The highest BCUT2D eigenvalue weighted by molar-refractivity contribution is 9.11. The summed E-state index contributed by atoms with van der Waals surface area (Å²) in [6, 6.07) is 0. The van der Waals surface area contributed by atoms with Crippen molar-refractivity contribution in [1.82, 2.24) is 10.3 Å². The van der Waals surface area contributed by atoms with Crippen molar-refractivity contribution in [2.45, 2.75) is 19.6 Å². The van der Waals surface area contributed by atoms with Crippen molar-refractivity contribution in [1.29, 1.82) is 0 Å². The zero-order valence-corrected chi connectivity index (χ0v) is 10.2. The number of methoxy groups -OCH3 is 1. The largest absolute Gasteiger partial charge is 0.356 e. The Balaban J connectivity index is 2.30. The maximum absolute atomic E-state index is 11.9. The molecule has 0 aromatic carbocycles. The molecule has 0 aromatic rings. The third-order valence-electron chi connectivity index (χ3n) is 2.52. The van der Waals surface area contributed by atoms with Gasteiger partial charge in [0, 0.05) is 25.6 Å². The van der Waals surface area contributed by atoms with Crippen molar-refractivity contribution in [2.24, 2.45) is 5.10 Å². The van der Waals surface area contributed by atoms with Crippen molar-refractivity contribution in [2.75, 3.05) is 13.7 Å². The summed E-state index contributed by atoms with van der Waals surface area (Å²) in [7, 11) is 1.58. The van der Waals surface area contributed by atoms with Gasteiger partial charge in [-0.15, -0.1) is 0 Å². The standard InChI is InChI=1S/C9H12BrN3O2/c1-5-7(10)9(15-2)13(8(5)14)6-3-4-11-12-6/h9,11H,3-4H2,1-2H3. The molecule has 0 bridgehead atoms. The predicted octanol–water partition coefficient (Wildman–Crippen LogP) is 0.777. The van der Waals surface area contributed by atoms with Gasteiger partial charge in [0.1, 0.15) is 5.84 Å². The minimum atomic E-state index is -0.365. The Morgan fingerprint density at radius 1 is 1.67 bits per heavy atom. The van der Waals surface area contributed by atoms with Gasteiger partial charge in [-0.3, -0.25) is 9.69 Å². The van der Waals surface area contributed by atoms with Crippen LogP contribution in [0.25, 0.3) is 0 Å². The van der Waals surface area contributed by atoms with Gasteiger partial charge in [-0.2, -0.15) is 5.10 Å². The predicted molar refractivity (Wildman–Crippen MR) is 59.3 cm³/mol. The Morgan fingerprint density at radius 2 is 2.40 bits per heavy atom. The van der Waals surface area contributed by atoms with E-state index in [1.807, 2.05) is 0 Å². The number of halogens is 1. The maximum Gasteiger partial charge on any atom is 0.258 e. The summed E-state index contributed by atoms with van der Waals surface area (Å²) in [4.78, 5) is 13.5. The lowest BCUT2D eigenvalue weighted by atomic mass is 10.3. The van der Waals surface area contributed by atoms with Gasteiger partial charge in [-0.1, -0.05) is 15.9 Å². The molecule has 1 unspecified atom stereocenters. The maximum atomic E-state index is 11.9. The molecule has 2 aliphatic heterocycles. The van der Waals surface area contributed by atoms with E-state index in [9.17, 15) is 4.79 Å². The Morgan fingerprint density at radius 3 is 2.93 bits per heavy atom. The van der Waals surface area contributed by atoms with Gasteiger partial charge in [0.2, 0.25) is 0 Å². The van der Waals surface area contributed by atoms with Crippen molar-refractivity contribution < 1.29 is 9.53 Å². The zero-order chi connectivity index (χ0) is 11.0. The van der Waals surface area contributed by atoms with Crippen molar-refractivity contribution in [3.05, 3.63) is 10.1 Å². The highest BCUT2D eigenvalue weighted by Crippen LogP contribution is 2.31. The van der Waals surface area contributed by atoms with Crippen LogP contribution in [-0.2, 0) is 9.53 Å². The average Bonchev–Trinajstić information content (AvgIpc) is 2.81. The van der Waals surface area contributed by atoms with Gasteiger partial charge in [-0.25, -0.2) is 0 Å². The second-order valence-corrected chi connectivity index (χ2v) is 4.28. The molecule has 15 heavy (non-hydrogen) atoms. The monoisotopic (exact) mass is 273 g/mol. The summed E-state index contributed by atoms with van der Waals surface area (Å²) in [5, 5.41) is 4.08. The van der Waals surface area contributed by atoms with E-state index in [0.29, 0.717) is 5.57 Å². The van der Waals surface area contributed by atoms with Gasteiger partial charge < -0.3 is 10.2 Å². The molecular formula is C9H12BrN3O2. The number of amidine groups is 1. The first-order valence-corrected chi connectivity index (χ1v) is 5.48. The molecule has 0 fully saturated rings. The number of hydrogen-bond acceptors (Lipinski definition) is 4. The minimum Gasteiger partial charge on any atom is -0.356 e. The molecule has 0 radical (unpaired) electrons. The van der Waals surface area contributed by atoms with Crippen LogP contribution in [0.15, 0.2) is 15.2 Å². The fourth-order valence-electron chi connectivity index (χ4n) is 1.69. The van der Waals surface area contributed by atoms with Crippen LogP contribution in [0.1, 0.15) is 13.3 Å². The molecule has 82 valence electrons. The molecule has 0 aliphatic carbocycles. The number of carbonyl (C=O) groups excluding carboxylic acids is 1. The second kappa shape index (κ2) is 3.94. The molecule has 0 aromatic heterocycles. The van der Waals surface area contributed by atoms with Gasteiger partial charge in [0.15, 0.2) is 6.23 Å². The molecule has 2 rings (SSSR count). The van der Waals surface area contributed by atoms with E-state index >= 15 is 0 Å². The Kier molecular flexibility index (Phi) is 2.79. The first kappa shape index (κ1) is 10.6. The Hall–Kier alpha value is -0.880. The van der Waals surface area contributed by atoms with Crippen molar-refractivity contribution >= 4 is 27.7 Å². The van der Waals surface area contributed by atoms with Gasteiger partial charge in [-0.05, 0) is 6.92 Å². The van der Waals surface area contributed by atoms with E-state index in [2.05, 4.69) is 26.5 Å². The summed E-state index contributed by atoms with van der Waals surface area (Å²) in [6.07, 6.45) is 0.384. The molecule has 1 amide bonds. The van der Waals surface area contributed by atoms with Crippen molar-refractivity contribution in [3.63, 3.8) is 0 Å². The van der Waals surface area contributed by atoms with Crippen LogP contribution < -0.4 is 5.43 Å². The summed E-state index contributed by atoms with van der Waals surface area (Å²) in [6.45, 7) is 2.55. The molecule has 2 aliphatic rings. The average molecular weight is 274 g/mol. The van der Waals surface area contributed by atoms with Gasteiger partial charge >= 0.3 is 0 Å². The van der Waals surface area contributed by atoms with E-state index < -0.39 is 0 Å². The number of hydrogen-bond donors (Lipinski definition) is 1. The van der Waals surface area contributed by atoms with E-state index in [-0.39, 0.29) is 12.1 Å². The Bertz CT molecular complexity index is 364. The highest BCUT2D eigenvalue weighted by Gasteiger charge is 2.39. The van der Waals surface area contributed by atoms with Crippen molar-refractivity contribution in [3.8, 4) is 0 Å². The lowest BCUT2D eigenvalue weighted by Gasteiger charge is -2.23. The number of hydrazone groups is 1. The number of nitrogens with one attached hydrogen (secondary N) is 1. The summed E-state index contributed by atoms with van der Waals surface area (Å²) < 4.78 is 6.06. The van der Waals surface area contributed by atoms with Crippen LogP contribution in [0.3, 0.4) is 0 Å². The van der Waals surface area contributed by atoms with Crippen LogP contribution >= 0.6 is 15.9 Å². The van der Waals surface area contributed by atoms with E-state index in [1.54, 1.807) is 18.9 Å². The number of ether oxygens (including phenoxy) is 1. The minimum absolute atomic E-state index is 0.0452. The van der Waals surface area contributed by atoms with Crippen LogP contribution in [0.5, 0.6) is 0 Å². The fourth-order valence-corrected chi connectivity index (χ4v) is 2.26. The van der Waals surface area contributed by atoms with Crippen LogP contribution in [0, 0.1) is 0 Å². The van der Waals surface area contributed by atoms with E-state index in [4.69, 9.17) is 4.74 Å². The van der Waals surface area contributed by atoms with Gasteiger partial charge in [0.25, 0.3) is 5.91 Å². The third-order valence-corrected chi connectivity index (χ3v) is 3.51. The zero-order valence-electron chi connectivity index (χ0n) is 8.58. The molecule has 6 heteroatoms. The lowest BCUT2D eigenvalue weighted by Crippen LogP contribution is -2.40. The molecule has 1 N–H and O–H groups in total. The van der Waals surface area contributed by atoms with Gasteiger partial charge in [0.05, 0.1) is 4.48 Å². The summed E-state index contributed by atoms with van der Waals surface area (Å²) in [5.74, 6) is 0.692. The second-order valence-electron chi connectivity index (χ2n) is 3.42. The quantitative estimate of drug-likeness (QED) is 0.768. The van der Waals surface area contributed by atoms with Crippen LogP contribution in [0.2, 0.25) is 0 Å². The highest BCUT2D eigenvalue weighted by atomic mass is 79.9. The third kappa shape index (κ3) is 1.57. The smallest absolute Gasteiger partial charge is 0.258 e. The number of nitrogens with zero attached hydrogens (tertiary/aromatic N) is 2. The van der Waals surface area contributed by atoms with Crippen LogP contribution in [-0.4, -0.2) is 36.5 Å². The molecule has 0 spiro atoms. The fraction of sp³-hybridized carbons (Fsp3) is 0.556. The molecule has 2 heterocycles. The summed E-state index contributed by atoms with van der Waals surface area (Å²) >= 11 is 3.37. The van der Waals surface area contributed by atoms with Crippen LogP contribution in [0.4, 0.5) is 0 Å². The molecule has 0 saturated carbocycles. The SMILES string of the molecule is COC1C(Br)=C(C)C(=O)N1C1=NNCC1. The molecule has 5 nitrogen and oxygen atoms in total. The first-order valence-electron chi connectivity index (χ1n) is 4.69. The normalized spacial score (nSPS) is 26.1.